The smallest absolute Gasteiger partial charge is 0.188 e. The average Bonchev–Trinajstić information content (AvgIpc) is 2.70. The predicted octanol–water partition coefficient (Wildman–Crippen LogP) is 1.37. The third-order valence-corrected chi connectivity index (χ3v) is 5.62. The standard InChI is InChI=1S/C19H39N5O2.HI/c1-3-17(4-2)18(24-10-14-26-15-11-24)16-22-19(20)21-6-5-7-23-8-12-25-13-9-23;/h17-18H,3-16H2,1-2H3,(H3,20,21,22);1H. The maximum Gasteiger partial charge on any atom is 0.188 e. The average molecular weight is 497 g/mol. The van der Waals surface area contributed by atoms with Crippen molar-refractivity contribution in [1.29, 1.82) is 0 Å². The Hall–Kier alpha value is -0.160. The molecule has 8 heteroatoms. The number of morpholine rings is 2. The van der Waals surface area contributed by atoms with Crippen LogP contribution in [0.4, 0.5) is 0 Å². The second kappa shape index (κ2) is 14.8. The van der Waals surface area contributed by atoms with E-state index in [9.17, 15) is 0 Å². The van der Waals surface area contributed by atoms with E-state index in [2.05, 4.69) is 34.0 Å². The zero-order valence-electron chi connectivity index (χ0n) is 17.2. The molecule has 7 nitrogen and oxygen atoms in total. The number of hydrogen-bond donors (Lipinski definition) is 2. The molecular formula is C19H40IN5O2. The van der Waals surface area contributed by atoms with Crippen molar-refractivity contribution >= 4 is 29.9 Å². The van der Waals surface area contributed by atoms with Gasteiger partial charge in [0.05, 0.1) is 33.0 Å². The first-order chi connectivity index (χ1) is 12.7. The van der Waals surface area contributed by atoms with Crippen molar-refractivity contribution in [2.24, 2.45) is 16.6 Å². The number of ether oxygens (including phenoxy) is 2. The fourth-order valence-corrected chi connectivity index (χ4v) is 3.90. The molecular weight excluding hydrogens is 457 g/mol. The van der Waals surface area contributed by atoms with Crippen molar-refractivity contribution in [3.63, 3.8) is 0 Å². The molecule has 0 aromatic carbocycles. The zero-order chi connectivity index (χ0) is 18.6. The first-order valence-electron chi connectivity index (χ1n) is 10.4. The SMILES string of the molecule is CCC(CC)C(CN=C(N)NCCCN1CCOCC1)N1CCOCC1.I. The van der Waals surface area contributed by atoms with Gasteiger partial charge in [-0.25, -0.2) is 0 Å². The van der Waals surface area contributed by atoms with E-state index in [1.54, 1.807) is 0 Å². The van der Waals surface area contributed by atoms with Gasteiger partial charge in [-0.3, -0.25) is 14.8 Å². The van der Waals surface area contributed by atoms with Crippen LogP contribution in [0.2, 0.25) is 0 Å². The minimum atomic E-state index is 0. The van der Waals surface area contributed by atoms with Crippen molar-refractivity contribution in [3.8, 4) is 0 Å². The summed E-state index contributed by atoms with van der Waals surface area (Å²) in [7, 11) is 0. The van der Waals surface area contributed by atoms with Crippen LogP contribution in [0.15, 0.2) is 4.99 Å². The number of aliphatic imine (C=N–C) groups is 1. The summed E-state index contributed by atoms with van der Waals surface area (Å²) in [5, 5.41) is 3.28. The molecule has 2 rings (SSSR count). The highest BCUT2D eigenvalue weighted by Gasteiger charge is 2.26. The van der Waals surface area contributed by atoms with Crippen molar-refractivity contribution < 1.29 is 9.47 Å². The van der Waals surface area contributed by atoms with E-state index in [0.29, 0.717) is 17.9 Å². The van der Waals surface area contributed by atoms with Crippen LogP contribution in [0.3, 0.4) is 0 Å². The van der Waals surface area contributed by atoms with Gasteiger partial charge in [0, 0.05) is 38.8 Å². The number of halogens is 1. The number of nitrogens with one attached hydrogen (secondary N) is 1. The van der Waals surface area contributed by atoms with Crippen molar-refractivity contribution in [3.05, 3.63) is 0 Å². The molecule has 2 fully saturated rings. The molecule has 2 aliphatic rings. The van der Waals surface area contributed by atoms with Gasteiger partial charge < -0.3 is 20.5 Å². The van der Waals surface area contributed by atoms with E-state index in [0.717, 1.165) is 78.7 Å². The number of nitrogens with zero attached hydrogens (tertiary/aromatic N) is 3. The molecule has 0 bridgehead atoms. The first-order valence-corrected chi connectivity index (χ1v) is 10.4. The second-order valence-corrected chi connectivity index (χ2v) is 7.25. The lowest BCUT2D eigenvalue weighted by Crippen LogP contribution is -2.49. The highest BCUT2D eigenvalue weighted by molar-refractivity contribution is 14.0. The number of rotatable bonds is 10. The molecule has 0 amide bonds. The summed E-state index contributed by atoms with van der Waals surface area (Å²) < 4.78 is 10.9. The van der Waals surface area contributed by atoms with Crippen LogP contribution in [0, 0.1) is 5.92 Å². The molecule has 0 aromatic heterocycles. The fourth-order valence-electron chi connectivity index (χ4n) is 3.90. The Morgan fingerprint density at radius 1 is 1.04 bits per heavy atom. The lowest BCUT2D eigenvalue weighted by molar-refractivity contribution is 0.00396. The van der Waals surface area contributed by atoms with Gasteiger partial charge in [-0.05, 0) is 18.9 Å². The van der Waals surface area contributed by atoms with E-state index in [1.165, 1.54) is 12.8 Å². The van der Waals surface area contributed by atoms with Crippen LogP contribution in [0.25, 0.3) is 0 Å². The van der Waals surface area contributed by atoms with Gasteiger partial charge in [0.25, 0.3) is 0 Å². The minimum Gasteiger partial charge on any atom is -0.379 e. The third kappa shape index (κ3) is 9.25. The number of nitrogens with two attached hydrogens (primary N) is 1. The van der Waals surface area contributed by atoms with Gasteiger partial charge in [0.1, 0.15) is 0 Å². The third-order valence-electron chi connectivity index (χ3n) is 5.62. The Kier molecular flexibility index (Phi) is 13.6. The molecule has 0 aromatic rings. The summed E-state index contributed by atoms with van der Waals surface area (Å²) >= 11 is 0. The normalized spacial score (nSPS) is 21.1. The van der Waals surface area contributed by atoms with Crippen LogP contribution >= 0.6 is 24.0 Å². The van der Waals surface area contributed by atoms with Crippen LogP contribution in [0.5, 0.6) is 0 Å². The van der Waals surface area contributed by atoms with Crippen LogP contribution in [0.1, 0.15) is 33.1 Å². The summed E-state index contributed by atoms with van der Waals surface area (Å²) in [5.74, 6) is 1.24. The maximum absolute atomic E-state index is 6.12. The van der Waals surface area contributed by atoms with Gasteiger partial charge >= 0.3 is 0 Å². The molecule has 0 saturated carbocycles. The van der Waals surface area contributed by atoms with Crippen LogP contribution < -0.4 is 11.1 Å². The fraction of sp³-hybridized carbons (Fsp3) is 0.947. The molecule has 2 heterocycles. The Balaban J connectivity index is 0.00000364. The van der Waals surface area contributed by atoms with Crippen LogP contribution in [-0.4, -0.2) is 94.0 Å². The Morgan fingerprint density at radius 2 is 1.63 bits per heavy atom. The summed E-state index contributed by atoms with van der Waals surface area (Å²) in [6, 6.07) is 0.461. The molecule has 160 valence electrons. The second-order valence-electron chi connectivity index (χ2n) is 7.25. The molecule has 0 radical (unpaired) electrons. The van der Waals surface area contributed by atoms with Crippen molar-refractivity contribution in [2.45, 2.75) is 39.2 Å². The lowest BCUT2D eigenvalue weighted by Gasteiger charge is -2.38. The topological polar surface area (TPSA) is 75.3 Å². The highest BCUT2D eigenvalue weighted by Crippen LogP contribution is 2.20. The molecule has 2 aliphatic heterocycles. The zero-order valence-corrected chi connectivity index (χ0v) is 19.5. The van der Waals surface area contributed by atoms with Crippen LogP contribution in [-0.2, 0) is 9.47 Å². The summed E-state index contributed by atoms with van der Waals surface area (Å²) in [5.41, 5.74) is 6.12. The molecule has 27 heavy (non-hydrogen) atoms. The Bertz CT molecular complexity index is 398. The van der Waals surface area contributed by atoms with E-state index < -0.39 is 0 Å². The van der Waals surface area contributed by atoms with E-state index in [-0.39, 0.29) is 24.0 Å². The van der Waals surface area contributed by atoms with Gasteiger partial charge in [0.2, 0.25) is 0 Å². The molecule has 3 N–H and O–H groups in total. The molecule has 2 saturated heterocycles. The van der Waals surface area contributed by atoms with E-state index >= 15 is 0 Å². The Morgan fingerprint density at radius 3 is 2.22 bits per heavy atom. The van der Waals surface area contributed by atoms with Gasteiger partial charge in [-0.15, -0.1) is 24.0 Å². The largest absolute Gasteiger partial charge is 0.379 e. The monoisotopic (exact) mass is 497 g/mol. The Labute approximate surface area is 182 Å². The lowest BCUT2D eigenvalue weighted by atomic mass is 9.92. The van der Waals surface area contributed by atoms with E-state index in [4.69, 9.17) is 15.2 Å². The molecule has 0 aliphatic carbocycles. The minimum absolute atomic E-state index is 0. The summed E-state index contributed by atoms with van der Waals surface area (Å²) in [4.78, 5) is 9.65. The van der Waals surface area contributed by atoms with Crippen molar-refractivity contribution in [2.75, 3.05) is 72.2 Å². The number of guanidine groups is 1. The molecule has 1 atom stereocenters. The first kappa shape index (κ1) is 24.9. The molecule has 1 unspecified atom stereocenters. The summed E-state index contributed by atoms with van der Waals surface area (Å²) in [6.07, 6.45) is 3.44. The maximum atomic E-state index is 6.12. The number of hydrogen-bond acceptors (Lipinski definition) is 5. The van der Waals surface area contributed by atoms with Gasteiger partial charge in [-0.1, -0.05) is 26.7 Å². The van der Waals surface area contributed by atoms with Gasteiger partial charge in [-0.2, -0.15) is 0 Å². The highest BCUT2D eigenvalue weighted by atomic mass is 127. The van der Waals surface area contributed by atoms with Crippen molar-refractivity contribution in [1.82, 2.24) is 15.1 Å². The van der Waals surface area contributed by atoms with Gasteiger partial charge in [0.15, 0.2) is 5.96 Å². The summed E-state index contributed by atoms with van der Waals surface area (Å²) in [6.45, 7) is 14.8. The van der Waals surface area contributed by atoms with E-state index in [1.807, 2.05) is 0 Å². The predicted molar refractivity (Wildman–Crippen MR) is 122 cm³/mol. The quantitative estimate of drug-likeness (QED) is 0.206. The molecule has 0 spiro atoms.